The lowest BCUT2D eigenvalue weighted by atomic mass is 10.0. The first-order valence-corrected chi connectivity index (χ1v) is 11.2. The summed E-state index contributed by atoms with van der Waals surface area (Å²) < 4.78 is 6.23. The zero-order chi connectivity index (χ0) is 13.3. The minimum absolute atomic E-state index is 0.363. The Morgan fingerprint density at radius 1 is 0.944 bits per heavy atom. The third-order valence-electron chi connectivity index (χ3n) is 4.64. The normalized spacial score (nSPS) is 24.7. The second kappa shape index (κ2) is 9.14. The summed E-state index contributed by atoms with van der Waals surface area (Å²) in [7, 11) is -0.680. The van der Waals surface area contributed by atoms with Crippen molar-refractivity contribution in [3.63, 3.8) is 0 Å². The number of unbranched alkanes of at least 4 members (excludes halogenated alkanes) is 6. The van der Waals surface area contributed by atoms with E-state index in [1.54, 1.807) is 0 Å². The molecule has 2 heteroatoms. The number of hydrogen-bond acceptors (Lipinski definition) is 1. The van der Waals surface area contributed by atoms with Gasteiger partial charge in [0.1, 0.15) is 0 Å². The Hall–Kier alpha value is 0.177. The molecule has 1 heterocycles. The third-order valence-corrected chi connectivity index (χ3v) is 7.49. The van der Waals surface area contributed by atoms with Gasteiger partial charge in [-0.25, -0.2) is 0 Å². The molecule has 0 aliphatic carbocycles. The van der Waals surface area contributed by atoms with E-state index >= 15 is 0 Å². The number of rotatable bonds is 9. The molecule has 1 aliphatic heterocycles. The van der Waals surface area contributed by atoms with Crippen LogP contribution in [0.1, 0.15) is 77.6 Å². The molecule has 0 saturated carbocycles. The van der Waals surface area contributed by atoms with E-state index in [2.05, 4.69) is 20.0 Å². The first kappa shape index (κ1) is 16.2. The van der Waals surface area contributed by atoms with E-state index in [9.17, 15) is 0 Å². The van der Waals surface area contributed by atoms with E-state index in [1.807, 2.05) is 0 Å². The highest BCUT2D eigenvalue weighted by Crippen LogP contribution is 2.32. The van der Waals surface area contributed by atoms with Gasteiger partial charge in [0, 0.05) is 6.61 Å². The van der Waals surface area contributed by atoms with Crippen molar-refractivity contribution in [2.75, 3.05) is 6.61 Å². The molecule has 0 aromatic heterocycles. The molecule has 0 bridgehead atoms. The molecular weight excluding hydrogens is 236 g/mol. The van der Waals surface area contributed by atoms with Crippen LogP contribution in [0.2, 0.25) is 13.1 Å². The molecule has 1 unspecified atom stereocenters. The molecule has 0 radical (unpaired) electrons. The van der Waals surface area contributed by atoms with E-state index in [0.29, 0.717) is 5.22 Å². The van der Waals surface area contributed by atoms with Gasteiger partial charge in [0.05, 0.1) is 14.0 Å². The van der Waals surface area contributed by atoms with Crippen molar-refractivity contribution >= 4 is 8.80 Å². The first-order valence-electron chi connectivity index (χ1n) is 8.35. The van der Waals surface area contributed by atoms with Crippen LogP contribution in [0.15, 0.2) is 0 Å². The average molecular weight is 271 g/mol. The van der Waals surface area contributed by atoms with Gasteiger partial charge in [-0.2, -0.15) is 0 Å². The maximum absolute atomic E-state index is 6.23. The Morgan fingerprint density at radius 2 is 1.61 bits per heavy atom. The molecule has 1 saturated heterocycles. The van der Waals surface area contributed by atoms with Crippen LogP contribution < -0.4 is 0 Å². The summed E-state index contributed by atoms with van der Waals surface area (Å²) in [6.07, 6.45) is 15.3. The van der Waals surface area contributed by atoms with Crippen LogP contribution in [-0.2, 0) is 4.74 Å². The lowest BCUT2D eigenvalue weighted by molar-refractivity contribution is -0.0292. The minimum Gasteiger partial charge on any atom is -0.379 e. The van der Waals surface area contributed by atoms with Crippen LogP contribution in [0, 0.1) is 0 Å². The van der Waals surface area contributed by atoms with Gasteiger partial charge < -0.3 is 4.74 Å². The maximum Gasteiger partial charge on any atom is 0.0695 e. The summed E-state index contributed by atoms with van der Waals surface area (Å²) in [4.78, 5) is 0. The van der Waals surface area contributed by atoms with E-state index in [4.69, 9.17) is 4.74 Å². The standard InChI is InChI=1S/C16H34OSi/c1-4-5-6-7-8-9-10-13-16(18(2)3)14-11-12-15-17-16/h18H,4-15H2,1-3H3. The SMILES string of the molecule is CCCCCCCCCC1([SiH](C)C)CCCCO1. The van der Waals surface area contributed by atoms with E-state index < -0.39 is 8.80 Å². The molecule has 1 aliphatic rings. The van der Waals surface area contributed by atoms with Gasteiger partial charge in [0.2, 0.25) is 0 Å². The van der Waals surface area contributed by atoms with Gasteiger partial charge >= 0.3 is 0 Å². The van der Waals surface area contributed by atoms with Crippen LogP contribution in [0.3, 0.4) is 0 Å². The van der Waals surface area contributed by atoms with Crippen molar-refractivity contribution in [1.82, 2.24) is 0 Å². The molecule has 1 nitrogen and oxygen atoms in total. The Kier molecular flexibility index (Phi) is 8.24. The number of hydrogen-bond donors (Lipinski definition) is 0. The highest BCUT2D eigenvalue weighted by atomic mass is 28.3. The monoisotopic (exact) mass is 270 g/mol. The fourth-order valence-electron chi connectivity index (χ4n) is 3.20. The fraction of sp³-hybridized carbons (Fsp3) is 1.00. The molecule has 108 valence electrons. The summed E-state index contributed by atoms with van der Waals surface area (Å²) in [6.45, 7) is 8.28. The Morgan fingerprint density at radius 3 is 2.17 bits per heavy atom. The molecule has 0 N–H and O–H groups in total. The molecule has 0 spiro atoms. The molecule has 0 aromatic carbocycles. The van der Waals surface area contributed by atoms with Crippen molar-refractivity contribution < 1.29 is 4.74 Å². The van der Waals surface area contributed by atoms with Crippen LogP contribution in [0.4, 0.5) is 0 Å². The van der Waals surface area contributed by atoms with Gasteiger partial charge in [-0.1, -0.05) is 65.0 Å². The van der Waals surface area contributed by atoms with Gasteiger partial charge in [0.15, 0.2) is 0 Å². The molecule has 1 atom stereocenters. The maximum atomic E-state index is 6.23. The predicted molar refractivity (Wildman–Crippen MR) is 84.0 cm³/mol. The minimum atomic E-state index is -0.680. The van der Waals surface area contributed by atoms with Crippen molar-refractivity contribution in [1.29, 1.82) is 0 Å². The summed E-state index contributed by atoms with van der Waals surface area (Å²) in [5.74, 6) is 0. The quantitative estimate of drug-likeness (QED) is 0.419. The first-order chi connectivity index (χ1) is 8.71. The smallest absolute Gasteiger partial charge is 0.0695 e. The summed E-state index contributed by atoms with van der Waals surface area (Å²) in [6, 6.07) is 0. The summed E-state index contributed by atoms with van der Waals surface area (Å²) >= 11 is 0. The topological polar surface area (TPSA) is 9.23 Å². The van der Waals surface area contributed by atoms with Crippen molar-refractivity contribution in [3.05, 3.63) is 0 Å². The lowest BCUT2D eigenvalue weighted by Crippen LogP contribution is -2.47. The second-order valence-corrected chi connectivity index (χ2v) is 9.76. The zero-order valence-electron chi connectivity index (χ0n) is 13.0. The van der Waals surface area contributed by atoms with Gasteiger partial charge in [-0.3, -0.25) is 0 Å². The molecule has 1 rings (SSSR count). The van der Waals surface area contributed by atoms with Crippen molar-refractivity contribution in [2.24, 2.45) is 0 Å². The molecule has 18 heavy (non-hydrogen) atoms. The van der Waals surface area contributed by atoms with Crippen molar-refractivity contribution in [3.8, 4) is 0 Å². The van der Waals surface area contributed by atoms with Gasteiger partial charge in [-0.05, 0) is 25.7 Å². The Bertz CT molecular complexity index is 197. The Labute approximate surface area is 116 Å². The largest absolute Gasteiger partial charge is 0.379 e. The third kappa shape index (κ3) is 5.44. The van der Waals surface area contributed by atoms with Crippen LogP contribution in [-0.4, -0.2) is 20.6 Å². The molecule has 0 aromatic rings. The predicted octanol–water partition coefficient (Wildman–Crippen LogP) is 5.09. The highest BCUT2D eigenvalue weighted by molar-refractivity contribution is 6.59. The fourth-order valence-corrected chi connectivity index (χ4v) is 5.21. The molecule has 1 fully saturated rings. The van der Waals surface area contributed by atoms with Crippen molar-refractivity contribution in [2.45, 2.75) is 95.9 Å². The van der Waals surface area contributed by atoms with Gasteiger partial charge in [-0.15, -0.1) is 0 Å². The van der Waals surface area contributed by atoms with Gasteiger partial charge in [0.25, 0.3) is 0 Å². The molecule has 0 amide bonds. The van der Waals surface area contributed by atoms with E-state index in [-0.39, 0.29) is 0 Å². The highest BCUT2D eigenvalue weighted by Gasteiger charge is 2.36. The average Bonchev–Trinajstić information content (AvgIpc) is 2.38. The number of ether oxygens (including phenoxy) is 1. The Balaban J connectivity index is 2.14. The van der Waals surface area contributed by atoms with E-state index in [1.165, 1.54) is 70.6 Å². The van der Waals surface area contributed by atoms with Crippen LogP contribution in [0.5, 0.6) is 0 Å². The lowest BCUT2D eigenvalue weighted by Gasteiger charge is -2.40. The summed E-state index contributed by atoms with van der Waals surface area (Å²) in [5.41, 5.74) is 0. The molecular formula is C16H34OSi. The zero-order valence-corrected chi connectivity index (χ0v) is 14.1. The second-order valence-electron chi connectivity index (χ2n) is 6.40. The van der Waals surface area contributed by atoms with Crippen LogP contribution in [0.25, 0.3) is 0 Å². The van der Waals surface area contributed by atoms with Crippen LogP contribution >= 0.6 is 0 Å². The van der Waals surface area contributed by atoms with E-state index in [0.717, 1.165) is 6.61 Å². The summed E-state index contributed by atoms with van der Waals surface area (Å²) in [5, 5.41) is 0.363.